The minimum absolute atomic E-state index is 0.201. The Labute approximate surface area is 128 Å². The van der Waals surface area contributed by atoms with E-state index in [9.17, 15) is 8.42 Å². The van der Waals surface area contributed by atoms with E-state index in [1.54, 1.807) is 20.9 Å². The van der Waals surface area contributed by atoms with Gasteiger partial charge in [0.05, 0.1) is 10.5 Å². The number of aliphatic imine (C=N–C) groups is 1. The van der Waals surface area contributed by atoms with Gasteiger partial charge in [0.15, 0.2) is 15.8 Å². The topological polar surface area (TPSA) is 65.0 Å². The maximum atomic E-state index is 12.1. The highest BCUT2D eigenvalue weighted by Crippen LogP contribution is 2.23. The van der Waals surface area contributed by atoms with Crippen molar-refractivity contribution in [1.82, 2.24) is 15.1 Å². The second-order valence-corrected chi connectivity index (χ2v) is 9.59. The lowest BCUT2D eigenvalue weighted by Gasteiger charge is -2.39. The van der Waals surface area contributed by atoms with Gasteiger partial charge in [0, 0.05) is 33.2 Å². The van der Waals surface area contributed by atoms with E-state index in [0.29, 0.717) is 19.0 Å². The molecule has 2 heterocycles. The zero-order valence-corrected chi connectivity index (χ0v) is 14.4. The molecule has 1 unspecified atom stereocenters. The second kappa shape index (κ2) is 6.12. The minimum atomic E-state index is -3.00. The predicted molar refractivity (Wildman–Crippen MR) is 86.4 cm³/mol. The van der Waals surface area contributed by atoms with E-state index in [2.05, 4.69) is 27.2 Å². The van der Waals surface area contributed by atoms with Crippen molar-refractivity contribution in [2.24, 2.45) is 10.9 Å². The molecule has 2 aliphatic rings. The molecule has 122 valence electrons. The van der Waals surface area contributed by atoms with Gasteiger partial charge in [0.1, 0.15) is 0 Å². The number of nitrogens with zero attached hydrogens (tertiary/aromatic N) is 3. The van der Waals surface area contributed by atoms with Crippen molar-refractivity contribution in [3.63, 3.8) is 0 Å². The number of hydrogen-bond donors (Lipinski definition) is 1. The average molecular weight is 316 g/mol. The maximum Gasteiger partial charge on any atom is 0.193 e. The quantitative estimate of drug-likeness (QED) is 0.575. The van der Waals surface area contributed by atoms with E-state index in [0.717, 1.165) is 25.6 Å². The Morgan fingerprint density at radius 1 is 1.38 bits per heavy atom. The molecule has 0 aromatic carbocycles. The van der Waals surface area contributed by atoms with Crippen LogP contribution in [-0.2, 0) is 9.84 Å². The van der Waals surface area contributed by atoms with Crippen molar-refractivity contribution in [3.8, 4) is 0 Å². The van der Waals surface area contributed by atoms with Crippen LogP contribution in [0, 0.1) is 5.92 Å². The summed E-state index contributed by atoms with van der Waals surface area (Å²) in [5.41, 5.74) is 0. The SMILES string of the molecule is CN=C(NCC1CCN(C)C1)N1CCS(=O)(=O)C(C)(C)C1. The molecule has 0 amide bonds. The first kappa shape index (κ1) is 16.5. The highest BCUT2D eigenvalue weighted by atomic mass is 32.2. The molecule has 0 saturated carbocycles. The predicted octanol–water partition coefficient (Wildman–Crippen LogP) is 0.0225. The molecule has 0 radical (unpaired) electrons. The molecule has 0 aliphatic carbocycles. The van der Waals surface area contributed by atoms with E-state index < -0.39 is 14.6 Å². The third-order valence-corrected chi connectivity index (χ3v) is 7.13. The first-order valence-corrected chi connectivity index (χ1v) is 9.27. The number of hydrogen-bond acceptors (Lipinski definition) is 4. The van der Waals surface area contributed by atoms with Gasteiger partial charge >= 0.3 is 0 Å². The van der Waals surface area contributed by atoms with E-state index in [-0.39, 0.29) is 5.75 Å². The van der Waals surface area contributed by atoms with E-state index in [4.69, 9.17) is 0 Å². The molecule has 6 nitrogen and oxygen atoms in total. The van der Waals surface area contributed by atoms with Crippen molar-refractivity contribution < 1.29 is 8.42 Å². The summed E-state index contributed by atoms with van der Waals surface area (Å²) in [4.78, 5) is 8.74. The van der Waals surface area contributed by atoms with Crippen LogP contribution >= 0.6 is 0 Å². The number of nitrogens with one attached hydrogen (secondary N) is 1. The van der Waals surface area contributed by atoms with Crippen molar-refractivity contribution >= 4 is 15.8 Å². The first-order chi connectivity index (χ1) is 9.75. The van der Waals surface area contributed by atoms with Crippen LogP contribution in [0.3, 0.4) is 0 Å². The van der Waals surface area contributed by atoms with Crippen LogP contribution in [0.1, 0.15) is 20.3 Å². The fourth-order valence-electron chi connectivity index (χ4n) is 3.09. The molecule has 2 rings (SSSR count). The lowest BCUT2D eigenvalue weighted by Crippen LogP contribution is -2.57. The van der Waals surface area contributed by atoms with Crippen LogP contribution < -0.4 is 5.32 Å². The van der Waals surface area contributed by atoms with Crippen molar-refractivity contribution in [1.29, 1.82) is 0 Å². The lowest BCUT2D eigenvalue weighted by molar-refractivity contribution is 0.348. The smallest absolute Gasteiger partial charge is 0.193 e. The van der Waals surface area contributed by atoms with E-state index >= 15 is 0 Å². The summed E-state index contributed by atoms with van der Waals surface area (Å²) < 4.78 is 23.4. The van der Waals surface area contributed by atoms with Crippen molar-refractivity contribution in [2.45, 2.75) is 25.0 Å². The van der Waals surface area contributed by atoms with Gasteiger partial charge in [0.25, 0.3) is 0 Å². The van der Waals surface area contributed by atoms with E-state index in [1.807, 2.05) is 0 Å². The van der Waals surface area contributed by atoms with Gasteiger partial charge in [-0.25, -0.2) is 8.42 Å². The summed E-state index contributed by atoms with van der Waals surface area (Å²) in [5.74, 6) is 1.67. The van der Waals surface area contributed by atoms with Crippen molar-refractivity contribution in [2.75, 3.05) is 52.6 Å². The molecular formula is C14H28N4O2S. The minimum Gasteiger partial charge on any atom is -0.356 e. The Morgan fingerprint density at radius 2 is 2.10 bits per heavy atom. The lowest BCUT2D eigenvalue weighted by atomic mass is 10.1. The standard InChI is InChI=1S/C14H28N4O2S/c1-14(2)11-18(7-8-21(14,19)20)13(15-3)16-9-12-5-6-17(4)10-12/h12H,5-11H2,1-4H3,(H,15,16). The molecular weight excluding hydrogens is 288 g/mol. The molecule has 1 atom stereocenters. The zero-order valence-electron chi connectivity index (χ0n) is 13.6. The molecule has 0 bridgehead atoms. The van der Waals surface area contributed by atoms with Crippen LogP contribution in [-0.4, -0.2) is 81.5 Å². The Kier molecular flexibility index (Phi) is 4.82. The summed E-state index contributed by atoms with van der Waals surface area (Å²) in [6.45, 7) is 7.79. The molecule has 0 spiro atoms. The van der Waals surface area contributed by atoms with Gasteiger partial charge in [-0.15, -0.1) is 0 Å². The Balaban J connectivity index is 1.93. The molecule has 2 saturated heterocycles. The van der Waals surface area contributed by atoms with E-state index in [1.165, 1.54) is 6.42 Å². The average Bonchev–Trinajstić information content (AvgIpc) is 2.80. The largest absolute Gasteiger partial charge is 0.356 e. The molecule has 2 aliphatic heterocycles. The van der Waals surface area contributed by atoms with Gasteiger partial charge in [-0.05, 0) is 39.8 Å². The van der Waals surface area contributed by atoms with Gasteiger partial charge in [0.2, 0.25) is 0 Å². The van der Waals surface area contributed by atoms with Gasteiger partial charge in [-0.1, -0.05) is 0 Å². The molecule has 21 heavy (non-hydrogen) atoms. The van der Waals surface area contributed by atoms with Crippen LogP contribution in [0.5, 0.6) is 0 Å². The maximum absolute atomic E-state index is 12.1. The second-order valence-electron chi connectivity index (χ2n) is 6.85. The first-order valence-electron chi connectivity index (χ1n) is 7.61. The number of rotatable bonds is 2. The molecule has 0 aromatic rings. The molecule has 2 fully saturated rings. The zero-order chi connectivity index (χ0) is 15.7. The summed E-state index contributed by atoms with van der Waals surface area (Å²) in [6.07, 6.45) is 1.21. The van der Waals surface area contributed by atoms with Gasteiger partial charge in [-0.2, -0.15) is 0 Å². The highest BCUT2D eigenvalue weighted by Gasteiger charge is 2.41. The monoisotopic (exact) mass is 316 g/mol. The van der Waals surface area contributed by atoms with Gasteiger partial charge < -0.3 is 15.1 Å². The Bertz CT molecular complexity index is 501. The molecule has 1 N–H and O–H groups in total. The van der Waals surface area contributed by atoms with Gasteiger partial charge in [-0.3, -0.25) is 4.99 Å². The molecule has 0 aromatic heterocycles. The normalized spacial score (nSPS) is 29.6. The number of guanidine groups is 1. The Hall–Kier alpha value is -0.820. The molecule has 7 heteroatoms. The summed E-state index contributed by atoms with van der Waals surface area (Å²) in [5, 5.41) is 3.42. The third kappa shape index (κ3) is 3.69. The van der Waals surface area contributed by atoms with Crippen LogP contribution in [0.4, 0.5) is 0 Å². The van der Waals surface area contributed by atoms with Crippen LogP contribution in [0.2, 0.25) is 0 Å². The number of sulfone groups is 1. The highest BCUT2D eigenvalue weighted by molar-refractivity contribution is 7.92. The van der Waals surface area contributed by atoms with Crippen molar-refractivity contribution in [3.05, 3.63) is 0 Å². The fraction of sp³-hybridized carbons (Fsp3) is 0.929. The van der Waals surface area contributed by atoms with Crippen LogP contribution in [0.25, 0.3) is 0 Å². The Morgan fingerprint density at radius 3 is 2.62 bits per heavy atom. The van der Waals surface area contributed by atoms with Crippen LogP contribution in [0.15, 0.2) is 4.99 Å². The third-order valence-electron chi connectivity index (χ3n) is 4.59. The number of likely N-dealkylation sites (tertiary alicyclic amines) is 1. The fourth-order valence-corrected chi connectivity index (χ4v) is 4.45. The summed E-state index contributed by atoms with van der Waals surface area (Å²) in [6, 6.07) is 0. The summed E-state index contributed by atoms with van der Waals surface area (Å²) >= 11 is 0. The summed E-state index contributed by atoms with van der Waals surface area (Å²) in [7, 11) is 0.904.